The van der Waals surface area contributed by atoms with E-state index in [0.717, 1.165) is 44.7 Å². The monoisotopic (exact) mass is 431 g/mol. The van der Waals surface area contributed by atoms with E-state index in [9.17, 15) is 9.90 Å². The number of nitrogens with zero attached hydrogens (tertiary/aromatic N) is 5. The zero-order valence-corrected chi connectivity index (χ0v) is 17.5. The van der Waals surface area contributed by atoms with Crippen molar-refractivity contribution in [1.29, 1.82) is 0 Å². The molecule has 0 spiro atoms. The third kappa shape index (κ3) is 4.83. The number of aliphatic hydroxyl groups excluding tert-OH is 1. The van der Waals surface area contributed by atoms with Crippen LogP contribution in [0.4, 0.5) is 10.5 Å². The van der Waals surface area contributed by atoms with E-state index >= 15 is 0 Å². The predicted octanol–water partition coefficient (Wildman–Crippen LogP) is 2.28. The molecule has 1 N–H and O–H groups in total. The minimum atomic E-state index is -0.651. The number of para-hydroxylation sites is 1. The normalized spacial score (nSPS) is 19.3. The number of aliphatic hydroxyl groups is 1. The average Bonchev–Trinajstić information content (AvgIpc) is 3.15. The Bertz CT molecular complexity index is 848. The van der Waals surface area contributed by atoms with Crippen molar-refractivity contribution >= 4 is 23.3 Å². The van der Waals surface area contributed by atoms with Gasteiger partial charge < -0.3 is 19.6 Å². The van der Waals surface area contributed by atoms with Gasteiger partial charge in [-0.2, -0.15) is 0 Å². The van der Waals surface area contributed by atoms with E-state index in [4.69, 9.17) is 16.3 Å². The van der Waals surface area contributed by atoms with Gasteiger partial charge in [0.05, 0.1) is 0 Å². The number of likely N-dealkylation sites (tertiary alicyclic amines) is 1. The van der Waals surface area contributed by atoms with Crippen LogP contribution in [0, 0.1) is 0 Å². The van der Waals surface area contributed by atoms with Crippen LogP contribution in [0.3, 0.4) is 0 Å². The van der Waals surface area contributed by atoms with Gasteiger partial charge in [-0.05, 0) is 25.0 Å². The molecule has 0 saturated carbocycles. The molecule has 0 bridgehead atoms. The lowest BCUT2D eigenvalue weighted by Gasteiger charge is -2.37. The molecule has 0 aliphatic carbocycles. The maximum absolute atomic E-state index is 12.9. The second-order valence-electron chi connectivity index (χ2n) is 7.61. The van der Waals surface area contributed by atoms with Gasteiger partial charge in [0, 0.05) is 56.8 Å². The number of carbonyl (C=O) groups excluding carboxylic acids is 1. The summed E-state index contributed by atoms with van der Waals surface area (Å²) in [5, 5.41) is 10.5. The molecule has 0 radical (unpaired) electrons. The highest BCUT2D eigenvalue weighted by Gasteiger charge is 2.36. The lowest BCUT2D eigenvalue weighted by atomic mass is 10.0. The molecular formula is C21H26ClN5O3. The molecule has 3 heterocycles. The number of β-amino-alcohol motifs (C(OH)–C–C–N with tert-alkyl or cyclic N) is 1. The summed E-state index contributed by atoms with van der Waals surface area (Å²) in [5.74, 6) is 0.229. The predicted molar refractivity (Wildman–Crippen MR) is 114 cm³/mol. The molecule has 1 atom stereocenters. The van der Waals surface area contributed by atoms with Crippen LogP contribution in [0.15, 0.2) is 42.7 Å². The summed E-state index contributed by atoms with van der Waals surface area (Å²) in [4.78, 5) is 26.8. The summed E-state index contributed by atoms with van der Waals surface area (Å²) in [7, 11) is 0. The fourth-order valence-electron chi connectivity index (χ4n) is 4.08. The molecule has 30 heavy (non-hydrogen) atoms. The average molecular weight is 432 g/mol. The summed E-state index contributed by atoms with van der Waals surface area (Å²) in [6.45, 7) is 3.77. The van der Waals surface area contributed by atoms with Gasteiger partial charge in [0.15, 0.2) is 5.15 Å². The number of hydrogen-bond acceptors (Lipinski definition) is 6. The summed E-state index contributed by atoms with van der Waals surface area (Å²) in [6.07, 6.45) is 4.13. The highest BCUT2D eigenvalue weighted by atomic mass is 35.5. The maximum atomic E-state index is 12.9. The van der Waals surface area contributed by atoms with Crippen LogP contribution in [-0.2, 0) is 0 Å². The fraction of sp³-hybridized carbons (Fsp3) is 0.476. The van der Waals surface area contributed by atoms with Gasteiger partial charge in [-0.15, -0.1) is 0 Å². The molecule has 9 heteroatoms. The van der Waals surface area contributed by atoms with Crippen molar-refractivity contribution in [3.63, 3.8) is 0 Å². The highest BCUT2D eigenvalue weighted by Crippen LogP contribution is 2.25. The Morgan fingerprint density at radius 2 is 1.83 bits per heavy atom. The quantitative estimate of drug-likeness (QED) is 0.724. The first-order chi connectivity index (χ1) is 14.6. The van der Waals surface area contributed by atoms with Gasteiger partial charge >= 0.3 is 6.03 Å². The van der Waals surface area contributed by atoms with Crippen LogP contribution in [0.1, 0.15) is 12.8 Å². The molecule has 4 rings (SSSR count). The van der Waals surface area contributed by atoms with Crippen LogP contribution < -0.4 is 9.64 Å². The van der Waals surface area contributed by atoms with Crippen molar-refractivity contribution in [1.82, 2.24) is 19.8 Å². The number of benzene rings is 1. The summed E-state index contributed by atoms with van der Waals surface area (Å²) in [5.41, 5.74) is 0.953. The first kappa shape index (κ1) is 20.8. The van der Waals surface area contributed by atoms with E-state index in [2.05, 4.69) is 14.9 Å². The molecular weight excluding hydrogens is 406 g/mol. The molecule has 2 fully saturated rings. The van der Waals surface area contributed by atoms with E-state index < -0.39 is 6.10 Å². The molecule has 2 aliphatic rings. The first-order valence-corrected chi connectivity index (χ1v) is 10.6. The van der Waals surface area contributed by atoms with E-state index in [0.29, 0.717) is 6.54 Å². The van der Waals surface area contributed by atoms with Crippen LogP contribution in [0.5, 0.6) is 5.88 Å². The summed E-state index contributed by atoms with van der Waals surface area (Å²) < 4.78 is 5.47. The first-order valence-electron chi connectivity index (χ1n) is 10.2. The molecule has 8 nitrogen and oxygen atoms in total. The summed E-state index contributed by atoms with van der Waals surface area (Å²) in [6, 6.07) is 10.2. The molecule has 1 aromatic heterocycles. The van der Waals surface area contributed by atoms with Crippen molar-refractivity contribution in [2.75, 3.05) is 44.2 Å². The SMILES string of the molecule is O=C1N(c2ccccc2)CCN1C1CCN(CC(O)COc2nccnc2Cl)CC1. The molecule has 2 amide bonds. The maximum Gasteiger partial charge on any atom is 0.324 e. The number of aromatic nitrogens is 2. The van der Waals surface area contributed by atoms with Gasteiger partial charge in [-0.25, -0.2) is 14.8 Å². The standard InChI is InChI=1S/C21H26ClN5O3/c22-19-20(24-9-8-23-19)30-15-18(28)14-25-10-6-17(7-11-25)27-13-12-26(21(27)29)16-4-2-1-3-5-16/h1-5,8-9,17-18,28H,6-7,10-15H2. The van der Waals surface area contributed by atoms with Crippen LogP contribution in [0.25, 0.3) is 0 Å². The number of carbonyl (C=O) groups is 1. The molecule has 1 unspecified atom stereocenters. The minimum Gasteiger partial charge on any atom is -0.473 e. The minimum absolute atomic E-state index is 0.0916. The van der Waals surface area contributed by atoms with E-state index in [1.165, 1.54) is 12.4 Å². The van der Waals surface area contributed by atoms with Crippen molar-refractivity contribution in [2.24, 2.45) is 0 Å². The number of halogens is 1. The molecule has 1 aromatic carbocycles. The molecule has 2 aromatic rings. The highest BCUT2D eigenvalue weighted by molar-refractivity contribution is 6.30. The Labute approximate surface area is 181 Å². The Hall–Kier alpha value is -2.42. The Kier molecular flexibility index (Phi) is 6.66. The van der Waals surface area contributed by atoms with Gasteiger partial charge in [0.2, 0.25) is 0 Å². The molecule has 160 valence electrons. The van der Waals surface area contributed by atoms with Crippen molar-refractivity contribution in [3.8, 4) is 5.88 Å². The number of ether oxygens (including phenoxy) is 1. The molecule has 2 saturated heterocycles. The van der Waals surface area contributed by atoms with Crippen molar-refractivity contribution < 1.29 is 14.6 Å². The molecule has 2 aliphatic heterocycles. The summed E-state index contributed by atoms with van der Waals surface area (Å²) >= 11 is 5.91. The zero-order chi connectivity index (χ0) is 20.9. The van der Waals surface area contributed by atoms with Crippen molar-refractivity contribution in [2.45, 2.75) is 25.0 Å². The van der Waals surface area contributed by atoms with E-state index in [1.807, 2.05) is 40.1 Å². The number of rotatable bonds is 7. The number of anilines is 1. The number of amides is 2. The van der Waals surface area contributed by atoms with Gasteiger partial charge in [0.1, 0.15) is 12.7 Å². The number of piperidine rings is 1. The Morgan fingerprint density at radius 1 is 1.10 bits per heavy atom. The second-order valence-corrected chi connectivity index (χ2v) is 7.97. The van der Waals surface area contributed by atoms with Gasteiger partial charge in [0.25, 0.3) is 5.88 Å². The largest absolute Gasteiger partial charge is 0.473 e. The number of urea groups is 1. The third-order valence-corrected chi connectivity index (χ3v) is 5.87. The topological polar surface area (TPSA) is 82.0 Å². The van der Waals surface area contributed by atoms with Crippen LogP contribution >= 0.6 is 11.6 Å². The van der Waals surface area contributed by atoms with Gasteiger partial charge in [-0.3, -0.25) is 4.90 Å². The van der Waals surface area contributed by atoms with Gasteiger partial charge in [-0.1, -0.05) is 29.8 Å². The van der Waals surface area contributed by atoms with E-state index in [1.54, 1.807) is 0 Å². The van der Waals surface area contributed by atoms with Crippen molar-refractivity contribution in [3.05, 3.63) is 47.9 Å². The Morgan fingerprint density at radius 3 is 2.57 bits per heavy atom. The van der Waals surface area contributed by atoms with E-state index in [-0.39, 0.29) is 29.7 Å². The fourth-order valence-corrected chi connectivity index (χ4v) is 4.24. The third-order valence-electron chi connectivity index (χ3n) is 5.61. The van der Waals surface area contributed by atoms with Crippen LogP contribution in [-0.4, -0.2) is 82.4 Å². The second kappa shape index (κ2) is 9.59. The lowest BCUT2D eigenvalue weighted by molar-refractivity contribution is 0.0496. The smallest absolute Gasteiger partial charge is 0.324 e. The Balaban J connectivity index is 1.22. The number of hydrogen-bond donors (Lipinski definition) is 1. The zero-order valence-electron chi connectivity index (χ0n) is 16.7. The lowest BCUT2D eigenvalue weighted by Crippen LogP contribution is -2.48. The van der Waals surface area contributed by atoms with Crippen LogP contribution in [0.2, 0.25) is 5.15 Å².